The Hall–Kier alpha value is -3.09. The number of nitrogens with zero attached hydrogens (tertiary/aromatic N) is 3. The zero-order chi connectivity index (χ0) is 20.7. The van der Waals surface area contributed by atoms with E-state index >= 15 is 0 Å². The molecule has 3 aromatic heterocycles. The normalized spacial score (nSPS) is 11.1. The van der Waals surface area contributed by atoms with Gasteiger partial charge in [0.25, 0.3) is 0 Å². The number of carbonyl (C=O) groups is 1. The summed E-state index contributed by atoms with van der Waals surface area (Å²) in [5.74, 6) is 0.981. The number of rotatable bonds is 9. The number of anilines is 3. The first-order valence-electron chi connectivity index (χ1n) is 8.41. The first kappa shape index (κ1) is 20.6. The van der Waals surface area contributed by atoms with Crippen molar-refractivity contribution in [3.63, 3.8) is 0 Å². The highest BCUT2D eigenvalue weighted by molar-refractivity contribution is 7.89. The van der Waals surface area contributed by atoms with E-state index < -0.39 is 16.0 Å². The second kappa shape index (κ2) is 9.41. The van der Waals surface area contributed by atoms with Crippen LogP contribution in [0.2, 0.25) is 0 Å². The molecule has 3 rings (SSSR count). The Morgan fingerprint density at radius 1 is 1.07 bits per heavy atom. The molecule has 0 saturated heterocycles. The van der Waals surface area contributed by atoms with Crippen LogP contribution in [-0.4, -0.2) is 49.8 Å². The van der Waals surface area contributed by atoms with Gasteiger partial charge in [-0.05, 0) is 35.7 Å². The van der Waals surface area contributed by atoms with Crippen LogP contribution in [0.1, 0.15) is 9.67 Å². The summed E-state index contributed by atoms with van der Waals surface area (Å²) in [5.41, 5.74) is 0. The Labute approximate surface area is 171 Å². The molecule has 0 bridgehead atoms. The molecule has 0 aliphatic heterocycles. The quantitative estimate of drug-likeness (QED) is 0.340. The van der Waals surface area contributed by atoms with E-state index in [9.17, 15) is 13.2 Å². The SMILES string of the molecule is COC(=O)c1sccc1S(=O)(=O)NCCNc1ccc(Nc2ccccn2)nn1. The van der Waals surface area contributed by atoms with Gasteiger partial charge in [0.15, 0.2) is 5.82 Å². The molecule has 3 N–H and O–H groups in total. The van der Waals surface area contributed by atoms with Crippen LogP contribution < -0.4 is 15.4 Å². The van der Waals surface area contributed by atoms with Gasteiger partial charge in [0.05, 0.1) is 7.11 Å². The predicted octanol–water partition coefficient (Wildman–Crippen LogP) is 1.85. The fourth-order valence-electron chi connectivity index (χ4n) is 2.27. The summed E-state index contributed by atoms with van der Waals surface area (Å²) >= 11 is 1.01. The van der Waals surface area contributed by atoms with Crippen LogP contribution >= 0.6 is 11.3 Å². The molecule has 3 heterocycles. The lowest BCUT2D eigenvalue weighted by Gasteiger charge is -2.09. The van der Waals surface area contributed by atoms with Gasteiger partial charge in [-0.25, -0.2) is 22.9 Å². The summed E-state index contributed by atoms with van der Waals surface area (Å²) < 4.78 is 31.8. The first-order chi connectivity index (χ1) is 14.0. The van der Waals surface area contributed by atoms with Gasteiger partial charge in [0, 0.05) is 19.3 Å². The number of esters is 1. The first-order valence-corrected chi connectivity index (χ1v) is 10.8. The number of hydrogen-bond donors (Lipinski definition) is 3. The van der Waals surface area contributed by atoms with Crippen LogP contribution in [0, 0.1) is 0 Å². The summed E-state index contributed by atoms with van der Waals surface area (Å²) in [5, 5.41) is 15.6. The lowest BCUT2D eigenvalue weighted by atomic mass is 10.4. The van der Waals surface area contributed by atoms with Crippen LogP contribution in [0.5, 0.6) is 0 Å². The zero-order valence-corrected chi connectivity index (χ0v) is 17.0. The van der Waals surface area contributed by atoms with Crippen molar-refractivity contribution in [2.75, 3.05) is 30.8 Å². The number of aromatic nitrogens is 3. The highest BCUT2D eigenvalue weighted by Gasteiger charge is 2.24. The Bertz CT molecular complexity index is 1060. The lowest BCUT2D eigenvalue weighted by Crippen LogP contribution is -2.29. The zero-order valence-electron chi connectivity index (χ0n) is 15.3. The van der Waals surface area contributed by atoms with Crippen molar-refractivity contribution in [1.29, 1.82) is 0 Å². The Balaban J connectivity index is 1.50. The van der Waals surface area contributed by atoms with Crippen molar-refractivity contribution >= 4 is 44.8 Å². The highest BCUT2D eigenvalue weighted by atomic mass is 32.2. The predicted molar refractivity (Wildman–Crippen MR) is 109 cm³/mol. The number of sulfonamides is 1. The third-order valence-electron chi connectivity index (χ3n) is 3.60. The molecule has 3 aromatic rings. The van der Waals surface area contributed by atoms with E-state index in [0.717, 1.165) is 11.3 Å². The maximum Gasteiger partial charge on any atom is 0.349 e. The third-order valence-corrected chi connectivity index (χ3v) is 6.13. The highest BCUT2D eigenvalue weighted by Crippen LogP contribution is 2.22. The molecule has 0 atom stereocenters. The number of carbonyl (C=O) groups excluding carboxylic acids is 1. The van der Waals surface area contributed by atoms with Gasteiger partial charge in [-0.15, -0.1) is 21.5 Å². The summed E-state index contributed by atoms with van der Waals surface area (Å²) in [6, 6.07) is 10.3. The number of thiophene rings is 1. The topological polar surface area (TPSA) is 135 Å². The number of pyridine rings is 1. The van der Waals surface area contributed by atoms with Crippen LogP contribution in [0.25, 0.3) is 0 Å². The monoisotopic (exact) mass is 434 g/mol. The molecule has 0 aliphatic carbocycles. The summed E-state index contributed by atoms with van der Waals surface area (Å²) in [6.45, 7) is 0.368. The molecule has 10 nitrogen and oxygen atoms in total. The summed E-state index contributed by atoms with van der Waals surface area (Å²) in [4.78, 5) is 15.7. The second-order valence-corrected chi connectivity index (χ2v) is 8.23. The summed E-state index contributed by atoms with van der Waals surface area (Å²) in [6.07, 6.45) is 1.66. The second-order valence-electron chi connectivity index (χ2n) is 5.57. The lowest BCUT2D eigenvalue weighted by molar-refractivity contribution is 0.0602. The molecule has 0 amide bonds. The van der Waals surface area contributed by atoms with Crippen molar-refractivity contribution in [2.45, 2.75) is 4.90 Å². The molecule has 152 valence electrons. The van der Waals surface area contributed by atoms with E-state index in [4.69, 9.17) is 0 Å². The smallest absolute Gasteiger partial charge is 0.349 e. The van der Waals surface area contributed by atoms with Crippen LogP contribution in [0.4, 0.5) is 17.5 Å². The Morgan fingerprint density at radius 2 is 1.86 bits per heavy atom. The fraction of sp³-hybridized carbons (Fsp3) is 0.176. The molecule has 0 aliphatic rings. The van der Waals surface area contributed by atoms with Crippen molar-refractivity contribution in [3.05, 3.63) is 52.9 Å². The van der Waals surface area contributed by atoms with E-state index in [1.54, 1.807) is 24.4 Å². The average Bonchev–Trinajstić information content (AvgIpc) is 3.24. The van der Waals surface area contributed by atoms with Gasteiger partial charge in [-0.3, -0.25) is 0 Å². The molecule has 12 heteroatoms. The summed E-state index contributed by atoms with van der Waals surface area (Å²) in [7, 11) is -2.63. The molecule has 0 spiro atoms. The Morgan fingerprint density at radius 3 is 2.55 bits per heavy atom. The van der Waals surface area contributed by atoms with Gasteiger partial charge in [-0.1, -0.05) is 6.07 Å². The van der Waals surface area contributed by atoms with Gasteiger partial charge in [0.2, 0.25) is 10.0 Å². The molecule has 0 radical (unpaired) electrons. The van der Waals surface area contributed by atoms with Gasteiger partial charge in [0.1, 0.15) is 21.4 Å². The molecule has 0 fully saturated rings. The largest absolute Gasteiger partial charge is 0.465 e. The molecular formula is C17H18N6O4S2. The fourth-order valence-corrected chi connectivity index (χ4v) is 4.63. The Kier molecular flexibility index (Phi) is 6.69. The van der Waals surface area contributed by atoms with Crippen LogP contribution in [0.15, 0.2) is 52.9 Å². The number of ether oxygens (including phenoxy) is 1. The maximum absolute atomic E-state index is 12.4. The van der Waals surface area contributed by atoms with Gasteiger partial charge >= 0.3 is 5.97 Å². The minimum absolute atomic E-state index is 0.0369. The molecular weight excluding hydrogens is 416 g/mol. The van der Waals surface area contributed by atoms with Crippen molar-refractivity contribution in [1.82, 2.24) is 19.9 Å². The number of nitrogens with one attached hydrogen (secondary N) is 3. The molecule has 29 heavy (non-hydrogen) atoms. The number of hydrogen-bond acceptors (Lipinski definition) is 10. The third kappa shape index (κ3) is 5.47. The van der Waals surface area contributed by atoms with Gasteiger partial charge < -0.3 is 15.4 Å². The number of methoxy groups -OCH3 is 1. The van der Waals surface area contributed by atoms with Gasteiger partial charge in [-0.2, -0.15) is 0 Å². The standard InChI is InChI=1S/C17H18N6O4S2/c1-27-17(24)16-12(7-11-28-16)29(25,26)20-10-9-19-14-5-6-15(23-22-14)21-13-4-2-3-8-18-13/h2-8,11,20H,9-10H2,1H3,(H,19,22)(H,18,21,23). The van der Waals surface area contributed by atoms with E-state index in [-0.39, 0.29) is 22.9 Å². The van der Waals surface area contributed by atoms with Crippen LogP contribution in [0.3, 0.4) is 0 Å². The van der Waals surface area contributed by atoms with Crippen molar-refractivity contribution < 1.29 is 17.9 Å². The maximum atomic E-state index is 12.4. The average molecular weight is 435 g/mol. The minimum Gasteiger partial charge on any atom is -0.465 e. The van der Waals surface area contributed by atoms with E-state index in [1.807, 2.05) is 12.1 Å². The van der Waals surface area contributed by atoms with Crippen molar-refractivity contribution in [3.8, 4) is 0 Å². The van der Waals surface area contributed by atoms with Crippen molar-refractivity contribution in [2.24, 2.45) is 0 Å². The molecule has 0 unspecified atom stereocenters. The van der Waals surface area contributed by atoms with E-state index in [0.29, 0.717) is 17.5 Å². The molecule has 0 aromatic carbocycles. The minimum atomic E-state index is -3.83. The van der Waals surface area contributed by atoms with E-state index in [1.165, 1.54) is 18.6 Å². The van der Waals surface area contributed by atoms with E-state index in [2.05, 4.69) is 35.3 Å². The van der Waals surface area contributed by atoms with Crippen LogP contribution in [-0.2, 0) is 14.8 Å². The molecule has 0 saturated carbocycles.